The minimum absolute atomic E-state index is 0.0794. The van der Waals surface area contributed by atoms with Crippen molar-refractivity contribution in [1.29, 1.82) is 0 Å². The first-order valence-corrected chi connectivity index (χ1v) is 10.2. The van der Waals surface area contributed by atoms with Gasteiger partial charge in [-0.15, -0.1) is 0 Å². The van der Waals surface area contributed by atoms with E-state index in [-0.39, 0.29) is 28.8 Å². The SMILES string of the molecule is CS(=O)(=O)c1cccc(NCc2ccnc(Oc3ccc(F)cc3)c2)c1[N+](=O)[O-]. The van der Waals surface area contributed by atoms with Crippen LogP contribution in [0.15, 0.2) is 65.7 Å². The Bertz CT molecular complexity index is 1150. The third-order valence-electron chi connectivity index (χ3n) is 3.90. The van der Waals surface area contributed by atoms with Crippen molar-refractivity contribution in [2.24, 2.45) is 0 Å². The maximum absolute atomic E-state index is 13.0. The first kappa shape index (κ1) is 20.2. The number of nitrogens with zero attached hydrogens (tertiary/aromatic N) is 2. The molecule has 1 aromatic heterocycles. The van der Waals surface area contributed by atoms with Gasteiger partial charge < -0.3 is 10.1 Å². The molecule has 0 fully saturated rings. The van der Waals surface area contributed by atoms with Crippen molar-refractivity contribution in [3.63, 3.8) is 0 Å². The standard InChI is InChI=1S/C19H16FN3O5S/c1-29(26,27)17-4-2-3-16(19(17)23(24)25)22-12-13-9-10-21-18(11-13)28-15-7-5-14(20)6-8-15/h2-11,22H,12H2,1H3. The summed E-state index contributed by atoms with van der Waals surface area (Å²) in [7, 11) is -3.77. The van der Waals surface area contributed by atoms with E-state index in [2.05, 4.69) is 10.3 Å². The molecule has 8 nitrogen and oxygen atoms in total. The number of nitrogens with one attached hydrogen (secondary N) is 1. The van der Waals surface area contributed by atoms with Gasteiger partial charge in [-0.25, -0.2) is 17.8 Å². The minimum atomic E-state index is -3.77. The summed E-state index contributed by atoms with van der Waals surface area (Å²) in [6.07, 6.45) is 2.41. The summed E-state index contributed by atoms with van der Waals surface area (Å²) in [5.41, 5.74) is 0.263. The molecule has 0 bridgehead atoms. The fourth-order valence-electron chi connectivity index (χ4n) is 2.59. The summed E-state index contributed by atoms with van der Waals surface area (Å²) < 4.78 is 42.2. The largest absolute Gasteiger partial charge is 0.439 e. The summed E-state index contributed by atoms with van der Waals surface area (Å²) in [6.45, 7) is 0.163. The predicted octanol–water partition coefficient (Wildman–Crippen LogP) is 3.94. The number of rotatable bonds is 7. The van der Waals surface area contributed by atoms with Gasteiger partial charge in [0.25, 0.3) is 0 Å². The normalized spacial score (nSPS) is 11.1. The predicted molar refractivity (Wildman–Crippen MR) is 104 cm³/mol. The van der Waals surface area contributed by atoms with Crippen LogP contribution < -0.4 is 10.1 Å². The zero-order chi connectivity index (χ0) is 21.0. The molecule has 2 aromatic carbocycles. The molecule has 0 radical (unpaired) electrons. The Morgan fingerprint density at radius 2 is 1.90 bits per heavy atom. The second kappa shape index (κ2) is 8.23. The Morgan fingerprint density at radius 3 is 2.55 bits per heavy atom. The van der Waals surface area contributed by atoms with Gasteiger partial charge in [-0.2, -0.15) is 0 Å². The van der Waals surface area contributed by atoms with Crippen molar-refractivity contribution in [3.05, 3.63) is 82.3 Å². The van der Waals surface area contributed by atoms with Crippen LogP contribution in [0.1, 0.15) is 5.56 Å². The Labute approximate surface area is 166 Å². The summed E-state index contributed by atoms with van der Waals surface area (Å²) in [4.78, 5) is 14.4. The van der Waals surface area contributed by atoms with Crippen LogP contribution in [0.5, 0.6) is 11.6 Å². The van der Waals surface area contributed by atoms with E-state index < -0.39 is 20.4 Å². The molecule has 3 rings (SSSR count). The Kier molecular flexibility index (Phi) is 5.74. The van der Waals surface area contributed by atoms with Gasteiger partial charge in [0.2, 0.25) is 5.88 Å². The molecule has 0 aliphatic carbocycles. The molecule has 0 aliphatic heterocycles. The summed E-state index contributed by atoms with van der Waals surface area (Å²) >= 11 is 0. The molecule has 0 aliphatic rings. The molecule has 150 valence electrons. The number of ether oxygens (including phenoxy) is 1. The summed E-state index contributed by atoms with van der Waals surface area (Å²) in [6, 6.07) is 12.8. The van der Waals surface area contributed by atoms with Gasteiger partial charge in [0.15, 0.2) is 9.84 Å². The third kappa shape index (κ3) is 5.05. The highest BCUT2D eigenvalue weighted by Crippen LogP contribution is 2.32. The molecule has 0 saturated carbocycles. The zero-order valence-electron chi connectivity index (χ0n) is 15.2. The molecule has 0 atom stereocenters. The van der Waals surface area contributed by atoms with Crippen LogP contribution in [0.2, 0.25) is 0 Å². The number of benzene rings is 2. The highest BCUT2D eigenvalue weighted by atomic mass is 32.2. The van der Waals surface area contributed by atoms with Gasteiger partial charge in [-0.1, -0.05) is 6.07 Å². The molecule has 3 aromatic rings. The van der Waals surface area contributed by atoms with Crippen molar-refractivity contribution >= 4 is 21.2 Å². The number of anilines is 1. The molecule has 1 heterocycles. The van der Waals surface area contributed by atoms with Gasteiger partial charge in [0.1, 0.15) is 22.1 Å². The van der Waals surface area contributed by atoms with E-state index in [1.165, 1.54) is 48.7 Å². The fourth-order valence-corrected chi connectivity index (χ4v) is 3.45. The Hall–Kier alpha value is -3.53. The van der Waals surface area contributed by atoms with Gasteiger partial charge >= 0.3 is 5.69 Å². The minimum Gasteiger partial charge on any atom is -0.439 e. The van der Waals surface area contributed by atoms with Crippen LogP contribution in [-0.4, -0.2) is 24.6 Å². The van der Waals surface area contributed by atoms with Crippen molar-refractivity contribution in [2.75, 3.05) is 11.6 Å². The molecule has 10 heteroatoms. The van der Waals surface area contributed by atoms with Crippen LogP contribution in [-0.2, 0) is 16.4 Å². The van der Waals surface area contributed by atoms with E-state index in [9.17, 15) is 22.9 Å². The molecular weight excluding hydrogens is 401 g/mol. The molecule has 0 amide bonds. The molecule has 1 N–H and O–H groups in total. The van der Waals surface area contributed by atoms with Crippen LogP contribution in [0.3, 0.4) is 0 Å². The van der Waals surface area contributed by atoms with Crippen molar-refractivity contribution in [2.45, 2.75) is 11.4 Å². The Morgan fingerprint density at radius 1 is 1.17 bits per heavy atom. The highest BCUT2D eigenvalue weighted by molar-refractivity contribution is 7.90. The third-order valence-corrected chi connectivity index (χ3v) is 5.03. The zero-order valence-corrected chi connectivity index (χ0v) is 16.0. The average Bonchev–Trinajstić information content (AvgIpc) is 2.67. The van der Waals surface area contributed by atoms with Gasteiger partial charge in [0.05, 0.1) is 4.92 Å². The summed E-state index contributed by atoms with van der Waals surface area (Å²) in [5, 5.41) is 14.3. The molecular formula is C19H16FN3O5S. The van der Waals surface area contributed by atoms with E-state index >= 15 is 0 Å². The monoisotopic (exact) mass is 417 g/mol. The van der Waals surface area contributed by atoms with Crippen molar-refractivity contribution in [3.8, 4) is 11.6 Å². The lowest BCUT2D eigenvalue weighted by atomic mass is 10.2. The Balaban J connectivity index is 1.80. The number of hydrogen-bond donors (Lipinski definition) is 1. The number of aromatic nitrogens is 1. The maximum Gasteiger partial charge on any atom is 0.310 e. The lowest BCUT2D eigenvalue weighted by molar-refractivity contribution is -0.386. The van der Waals surface area contributed by atoms with Crippen LogP contribution >= 0.6 is 0 Å². The molecule has 0 saturated heterocycles. The van der Waals surface area contributed by atoms with Gasteiger partial charge in [-0.05, 0) is 48.0 Å². The highest BCUT2D eigenvalue weighted by Gasteiger charge is 2.25. The first-order valence-electron chi connectivity index (χ1n) is 8.34. The van der Waals surface area contributed by atoms with Crippen LogP contribution in [0, 0.1) is 15.9 Å². The van der Waals surface area contributed by atoms with Crippen LogP contribution in [0.25, 0.3) is 0 Å². The van der Waals surface area contributed by atoms with E-state index in [0.717, 1.165) is 6.26 Å². The lowest BCUT2D eigenvalue weighted by Gasteiger charge is -2.10. The average molecular weight is 417 g/mol. The summed E-state index contributed by atoms with van der Waals surface area (Å²) in [5.74, 6) is 0.275. The van der Waals surface area contributed by atoms with Crippen molar-refractivity contribution in [1.82, 2.24) is 4.98 Å². The fraction of sp³-hybridized carbons (Fsp3) is 0.105. The first-order chi connectivity index (χ1) is 13.7. The number of nitro groups is 1. The molecule has 0 spiro atoms. The second-order valence-electron chi connectivity index (χ2n) is 6.09. The lowest BCUT2D eigenvalue weighted by Crippen LogP contribution is -2.08. The topological polar surface area (TPSA) is 111 Å². The van der Waals surface area contributed by atoms with E-state index in [1.807, 2.05) is 0 Å². The number of para-hydroxylation sites is 1. The van der Waals surface area contributed by atoms with Gasteiger partial charge in [-0.3, -0.25) is 10.1 Å². The number of pyridine rings is 1. The number of hydrogen-bond acceptors (Lipinski definition) is 7. The van der Waals surface area contributed by atoms with E-state index in [4.69, 9.17) is 4.74 Å². The van der Waals surface area contributed by atoms with E-state index in [0.29, 0.717) is 11.3 Å². The number of sulfone groups is 1. The van der Waals surface area contributed by atoms with E-state index in [1.54, 1.807) is 12.1 Å². The molecule has 0 unspecified atom stereocenters. The maximum atomic E-state index is 13.0. The number of halogens is 1. The molecule has 29 heavy (non-hydrogen) atoms. The van der Waals surface area contributed by atoms with Crippen molar-refractivity contribution < 1.29 is 22.5 Å². The number of nitro benzene ring substituents is 1. The van der Waals surface area contributed by atoms with Gasteiger partial charge in [0, 0.05) is 25.1 Å². The quantitative estimate of drug-likeness (QED) is 0.458. The smallest absolute Gasteiger partial charge is 0.310 e. The second-order valence-corrected chi connectivity index (χ2v) is 8.08. The van der Waals surface area contributed by atoms with Crippen LogP contribution in [0.4, 0.5) is 15.8 Å².